The Hall–Kier alpha value is -3.59. The molecule has 9 nitrogen and oxygen atoms in total. The standard InChI is InChI=1S/C24H30N6O3/c1-32-20-14-19-18(15-26-24(25)29-19)22(23(20)33-2)28-17-8-6-16(7-9-17)27-21(31)10-13-30-11-4-3-5-12-30/h6-9,14-15,28H,3-5,10-13H2,1-2H3,(H,27,31)(H2,25,26,29). The largest absolute Gasteiger partial charge is 0.493 e. The zero-order valence-corrected chi connectivity index (χ0v) is 19.1. The van der Waals surface area contributed by atoms with Gasteiger partial charge >= 0.3 is 0 Å². The van der Waals surface area contributed by atoms with Crippen molar-refractivity contribution < 1.29 is 14.3 Å². The molecule has 1 saturated heterocycles. The average Bonchev–Trinajstić information content (AvgIpc) is 2.84. The first-order chi connectivity index (χ1) is 16.1. The number of benzene rings is 2. The van der Waals surface area contributed by atoms with Crippen LogP contribution >= 0.6 is 0 Å². The zero-order chi connectivity index (χ0) is 23.2. The minimum atomic E-state index is 0.0245. The molecule has 9 heteroatoms. The molecule has 3 aromatic rings. The van der Waals surface area contributed by atoms with Gasteiger partial charge in [-0.1, -0.05) is 6.42 Å². The molecule has 4 N–H and O–H groups in total. The second-order valence-electron chi connectivity index (χ2n) is 8.05. The van der Waals surface area contributed by atoms with Gasteiger partial charge in [0, 0.05) is 42.0 Å². The SMILES string of the molecule is COc1cc2nc(N)ncc2c(Nc2ccc(NC(=O)CCN3CCCCC3)cc2)c1OC. The van der Waals surface area contributed by atoms with Crippen molar-refractivity contribution in [3.05, 3.63) is 36.5 Å². The van der Waals surface area contributed by atoms with Crippen LogP contribution in [-0.4, -0.2) is 54.6 Å². The molecule has 0 aliphatic carbocycles. The molecule has 0 saturated carbocycles. The van der Waals surface area contributed by atoms with Gasteiger partial charge in [-0.2, -0.15) is 0 Å². The Balaban J connectivity index is 1.47. The summed E-state index contributed by atoms with van der Waals surface area (Å²) in [6, 6.07) is 9.28. The Morgan fingerprint density at radius 2 is 1.82 bits per heavy atom. The van der Waals surface area contributed by atoms with E-state index < -0.39 is 0 Å². The lowest BCUT2D eigenvalue weighted by Crippen LogP contribution is -2.32. The number of anilines is 4. The highest BCUT2D eigenvalue weighted by Crippen LogP contribution is 2.42. The second kappa shape index (κ2) is 10.4. The molecule has 2 heterocycles. The lowest BCUT2D eigenvalue weighted by molar-refractivity contribution is -0.116. The highest BCUT2D eigenvalue weighted by molar-refractivity contribution is 5.99. The number of piperidine rings is 1. The number of amides is 1. The molecule has 0 radical (unpaired) electrons. The van der Waals surface area contributed by atoms with Crippen LogP contribution in [0.5, 0.6) is 11.5 Å². The summed E-state index contributed by atoms with van der Waals surface area (Å²) in [5.41, 5.74) is 8.63. The second-order valence-corrected chi connectivity index (χ2v) is 8.05. The average molecular weight is 451 g/mol. The maximum Gasteiger partial charge on any atom is 0.225 e. The third-order valence-corrected chi connectivity index (χ3v) is 5.79. The number of rotatable bonds is 8. The maximum absolute atomic E-state index is 12.4. The predicted octanol–water partition coefficient (Wildman–Crippen LogP) is 3.79. The van der Waals surface area contributed by atoms with Crippen LogP contribution in [0.15, 0.2) is 36.5 Å². The number of hydrogen-bond donors (Lipinski definition) is 3. The van der Waals surface area contributed by atoms with Crippen molar-refractivity contribution in [2.24, 2.45) is 0 Å². The fraction of sp³-hybridized carbons (Fsp3) is 0.375. The first kappa shape index (κ1) is 22.6. The molecule has 1 aromatic heterocycles. The first-order valence-electron chi connectivity index (χ1n) is 11.1. The van der Waals surface area contributed by atoms with E-state index in [4.69, 9.17) is 15.2 Å². The van der Waals surface area contributed by atoms with Crippen LogP contribution in [0, 0.1) is 0 Å². The summed E-state index contributed by atoms with van der Waals surface area (Å²) in [6.07, 6.45) is 5.89. The predicted molar refractivity (Wildman–Crippen MR) is 130 cm³/mol. The molecule has 0 spiro atoms. The van der Waals surface area contributed by atoms with Crippen molar-refractivity contribution in [1.29, 1.82) is 0 Å². The Labute approximate surface area is 193 Å². The number of ether oxygens (including phenoxy) is 2. The van der Waals surface area contributed by atoms with Gasteiger partial charge in [0.05, 0.1) is 25.4 Å². The van der Waals surface area contributed by atoms with E-state index in [2.05, 4.69) is 25.5 Å². The topological polar surface area (TPSA) is 115 Å². The maximum atomic E-state index is 12.4. The Kier molecular flexibility index (Phi) is 7.09. The molecule has 174 valence electrons. The highest BCUT2D eigenvalue weighted by Gasteiger charge is 2.17. The van der Waals surface area contributed by atoms with Crippen molar-refractivity contribution in [1.82, 2.24) is 14.9 Å². The van der Waals surface area contributed by atoms with Gasteiger partial charge < -0.3 is 30.7 Å². The van der Waals surface area contributed by atoms with E-state index in [-0.39, 0.29) is 11.9 Å². The van der Waals surface area contributed by atoms with E-state index in [1.807, 2.05) is 24.3 Å². The Morgan fingerprint density at radius 1 is 1.09 bits per heavy atom. The van der Waals surface area contributed by atoms with Crippen LogP contribution in [0.1, 0.15) is 25.7 Å². The zero-order valence-electron chi connectivity index (χ0n) is 19.1. The number of hydrogen-bond acceptors (Lipinski definition) is 8. The summed E-state index contributed by atoms with van der Waals surface area (Å²) < 4.78 is 11.1. The number of nitrogens with two attached hydrogens (primary N) is 1. The number of nitrogens with one attached hydrogen (secondary N) is 2. The van der Waals surface area contributed by atoms with Gasteiger partial charge in [-0.25, -0.2) is 9.97 Å². The molecule has 0 unspecified atom stereocenters. The number of nitrogen functional groups attached to an aromatic ring is 1. The number of methoxy groups -OCH3 is 2. The van der Waals surface area contributed by atoms with Gasteiger partial charge in [0.25, 0.3) is 0 Å². The molecular weight excluding hydrogens is 420 g/mol. The van der Waals surface area contributed by atoms with Crippen molar-refractivity contribution in [3.8, 4) is 11.5 Å². The van der Waals surface area contributed by atoms with Crippen LogP contribution in [-0.2, 0) is 4.79 Å². The molecular formula is C24H30N6O3. The number of carbonyl (C=O) groups excluding carboxylic acids is 1. The lowest BCUT2D eigenvalue weighted by Gasteiger charge is -2.25. The number of aromatic nitrogens is 2. The lowest BCUT2D eigenvalue weighted by atomic mass is 10.1. The molecule has 2 aromatic carbocycles. The van der Waals surface area contributed by atoms with E-state index in [0.29, 0.717) is 29.1 Å². The molecule has 33 heavy (non-hydrogen) atoms. The summed E-state index contributed by atoms with van der Waals surface area (Å²) in [5.74, 6) is 1.27. The van der Waals surface area contributed by atoms with Crippen LogP contribution < -0.4 is 25.8 Å². The minimum absolute atomic E-state index is 0.0245. The molecule has 1 aliphatic rings. The fourth-order valence-corrected chi connectivity index (χ4v) is 4.07. The van der Waals surface area contributed by atoms with E-state index in [9.17, 15) is 4.79 Å². The quantitative estimate of drug-likeness (QED) is 0.475. The van der Waals surface area contributed by atoms with Crippen LogP contribution in [0.3, 0.4) is 0 Å². The molecule has 0 atom stereocenters. The van der Waals surface area contributed by atoms with Gasteiger partial charge in [-0.15, -0.1) is 0 Å². The minimum Gasteiger partial charge on any atom is -0.493 e. The van der Waals surface area contributed by atoms with Gasteiger partial charge in [-0.3, -0.25) is 4.79 Å². The number of fused-ring (bicyclic) bond motifs is 1. The van der Waals surface area contributed by atoms with Crippen molar-refractivity contribution in [3.63, 3.8) is 0 Å². The van der Waals surface area contributed by atoms with Gasteiger partial charge in [0.15, 0.2) is 11.5 Å². The van der Waals surface area contributed by atoms with Gasteiger partial charge in [-0.05, 0) is 50.2 Å². The highest BCUT2D eigenvalue weighted by atomic mass is 16.5. The summed E-state index contributed by atoms with van der Waals surface area (Å²) in [5, 5.41) is 7.09. The first-order valence-corrected chi connectivity index (χ1v) is 11.1. The van der Waals surface area contributed by atoms with Crippen LogP contribution in [0.2, 0.25) is 0 Å². The summed E-state index contributed by atoms with van der Waals surface area (Å²) in [6.45, 7) is 2.99. The Bertz CT molecular complexity index is 1110. The molecule has 1 fully saturated rings. The third-order valence-electron chi connectivity index (χ3n) is 5.79. The Morgan fingerprint density at radius 3 is 2.52 bits per heavy atom. The van der Waals surface area contributed by atoms with E-state index in [1.54, 1.807) is 26.5 Å². The van der Waals surface area contributed by atoms with Crippen LogP contribution in [0.25, 0.3) is 10.9 Å². The van der Waals surface area contributed by atoms with Gasteiger partial charge in [0.1, 0.15) is 0 Å². The van der Waals surface area contributed by atoms with E-state index in [1.165, 1.54) is 19.3 Å². The smallest absolute Gasteiger partial charge is 0.225 e. The third kappa shape index (κ3) is 5.43. The van der Waals surface area contributed by atoms with Crippen molar-refractivity contribution in [2.75, 3.05) is 50.2 Å². The van der Waals surface area contributed by atoms with Crippen molar-refractivity contribution in [2.45, 2.75) is 25.7 Å². The molecule has 4 rings (SSSR count). The fourth-order valence-electron chi connectivity index (χ4n) is 4.07. The normalized spacial score (nSPS) is 14.1. The number of nitrogens with zero attached hydrogens (tertiary/aromatic N) is 3. The number of carbonyl (C=O) groups is 1. The summed E-state index contributed by atoms with van der Waals surface area (Å²) in [7, 11) is 3.15. The van der Waals surface area contributed by atoms with Crippen LogP contribution in [0.4, 0.5) is 23.0 Å². The van der Waals surface area contributed by atoms with Gasteiger partial charge in [0.2, 0.25) is 11.9 Å². The monoisotopic (exact) mass is 450 g/mol. The van der Waals surface area contributed by atoms with E-state index in [0.717, 1.165) is 36.4 Å². The summed E-state index contributed by atoms with van der Waals surface area (Å²) >= 11 is 0. The van der Waals surface area contributed by atoms with Crippen molar-refractivity contribution >= 4 is 39.8 Å². The summed E-state index contributed by atoms with van der Waals surface area (Å²) in [4.78, 5) is 23.1. The number of likely N-dealkylation sites (tertiary alicyclic amines) is 1. The molecule has 1 amide bonds. The molecule has 1 aliphatic heterocycles. The van der Waals surface area contributed by atoms with E-state index >= 15 is 0 Å². The molecule has 0 bridgehead atoms.